The summed E-state index contributed by atoms with van der Waals surface area (Å²) in [7, 11) is -3.63. The molecule has 1 aromatic carbocycles. The second-order valence-corrected chi connectivity index (χ2v) is 12.7. The van der Waals surface area contributed by atoms with Gasteiger partial charge < -0.3 is 10.2 Å². The van der Waals surface area contributed by atoms with Crippen LogP contribution in [0.5, 0.6) is 0 Å². The van der Waals surface area contributed by atoms with Crippen LogP contribution in [0.2, 0.25) is 5.02 Å². The van der Waals surface area contributed by atoms with Crippen LogP contribution < -0.4 is 20.8 Å². The highest BCUT2D eigenvalue weighted by Crippen LogP contribution is 2.29. The highest BCUT2D eigenvalue weighted by molar-refractivity contribution is 7.90. The zero-order valence-electron chi connectivity index (χ0n) is 22.7. The molecule has 1 unspecified atom stereocenters. The fourth-order valence-electron chi connectivity index (χ4n) is 5.31. The first kappa shape index (κ1) is 27.8. The van der Waals surface area contributed by atoms with E-state index in [9.17, 15) is 13.2 Å². The summed E-state index contributed by atoms with van der Waals surface area (Å²) in [5, 5.41) is 4.73. The zero-order chi connectivity index (χ0) is 28.4. The number of halogens is 1. The van der Waals surface area contributed by atoms with Crippen LogP contribution in [0.3, 0.4) is 0 Å². The molecular formula is C31H31ClN4O3S. The number of hydrogen-bond acceptors (Lipinski definition) is 7. The van der Waals surface area contributed by atoms with Crippen molar-refractivity contribution >= 4 is 62.3 Å². The van der Waals surface area contributed by atoms with Crippen molar-refractivity contribution < 1.29 is 13.2 Å². The Morgan fingerprint density at radius 1 is 1.23 bits per heavy atom. The van der Waals surface area contributed by atoms with E-state index >= 15 is 0 Å². The van der Waals surface area contributed by atoms with Gasteiger partial charge in [0.1, 0.15) is 16.1 Å². The van der Waals surface area contributed by atoms with Gasteiger partial charge in [-0.25, -0.2) is 18.4 Å². The van der Waals surface area contributed by atoms with Crippen molar-refractivity contribution in [2.24, 2.45) is 5.92 Å². The van der Waals surface area contributed by atoms with Crippen molar-refractivity contribution in [1.29, 1.82) is 0 Å². The Balaban J connectivity index is 1.56. The molecule has 0 amide bonds. The molecule has 0 bridgehead atoms. The molecule has 0 spiro atoms. The Morgan fingerprint density at radius 3 is 2.73 bits per heavy atom. The van der Waals surface area contributed by atoms with Gasteiger partial charge >= 0.3 is 0 Å². The lowest BCUT2D eigenvalue weighted by molar-refractivity contribution is 0.112. The maximum Gasteiger partial charge on any atom is 0.179 e. The van der Waals surface area contributed by atoms with Gasteiger partial charge in [-0.15, -0.1) is 0 Å². The van der Waals surface area contributed by atoms with E-state index in [4.69, 9.17) is 11.6 Å². The monoisotopic (exact) mass is 574 g/mol. The number of aromatic nitrogens is 2. The summed E-state index contributed by atoms with van der Waals surface area (Å²) in [5.74, 6) is 1.62. The van der Waals surface area contributed by atoms with Gasteiger partial charge in [0, 0.05) is 36.3 Å². The predicted molar refractivity (Wildman–Crippen MR) is 161 cm³/mol. The van der Waals surface area contributed by atoms with E-state index in [-0.39, 0.29) is 4.90 Å². The summed E-state index contributed by atoms with van der Waals surface area (Å²) in [6, 6.07) is 7.50. The van der Waals surface area contributed by atoms with Crippen LogP contribution in [-0.4, -0.2) is 44.0 Å². The van der Waals surface area contributed by atoms with Crippen molar-refractivity contribution in [1.82, 2.24) is 9.97 Å². The molecule has 0 radical (unpaired) electrons. The number of nitrogens with zero attached hydrogens (tertiary/aromatic N) is 3. The van der Waals surface area contributed by atoms with Gasteiger partial charge in [-0.2, -0.15) is 0 Å². The van der Waals surface area contributed by atoms with E-state index < -0.39 is 9.84 Å². The number of rotatable bonds is 8. The first-order chi connectivity index (χ1) is 19.2. The van der Waals surface area contributed by atoms with E-state index in [2.05, 4.69) is 32.8 Å². The molecule has 3 aromatic rings. The third kappa shape index (κ3) is 5.75. The number of hydrogen-bond donors (Lipinski definition) is 1. The normalized spacial score (nSPS) is 16.4. The minimum Gasteiger partial charge on any atom is -0.356 e. The van der Waals surface area contributed by atoms with Crippen LogP contribution in [0.1, 0.15) is 47.7 Å². The first-order valence-electron chi connectivity index (χ1n) is 13.3. The number of aryl methyl sites for hydroxylation is 1. The second-order valence-electron chi connectivity index (χ2n) is 10.3. The lowest BCUT2D eigenvalue weighted by atomic mass is 9.99. The fraction of sp³-hybridized carbons (Fsp3) is 0.290. The summed E-state index contributed by atoms with van der Waals surface area (Å²) in [6.07, 6.45) is 14.0. The molecule has 206 valence electrons. The van der Waals surface area contributed by atoms with Crippen molar-refractivity contribution in [2.45, 2.75) is 38.0 Å². The SMILES string of the molecule is CCCC1CCN(c2ccc(Nc3c(S(C)(=O)=O)cnc4c3=CC(c3cc(C)c(C=O)c(Cl)c3)=CC=C=4)cn2)C1. The smallest absolute Gasteiger partial charge is 0.179 e. The van der Waals surface area contributed by atoms with Crippen molar-refractivity contribution in [3.63, 3.8) is 0 Å². The second kappa shape index (κ2) is 11.4. The molecule has 1 atom stereocenters. The lowest BCUT2D eigenvalue weighted by Crippen LogP contribution is -2.31. The molecule has 40 heavy (non-hydrogen) atoms. The third-order valence-electron chi connectivity index (χ3n) is 7.38. The number of anilines is 3. The Hall–Kier alpha value is -3.71. The van der Waals surface area contributed by atoms with Crippen LogP contribution in [-0.2, 0) is 9.84 Å². The average molecular weight is 575 g/mol. The Kier molecular flexibility index (Phi) is 7.95. The molecule has 1 aliphatic heterocycles. The number of carbonyl (C=O) groups excluding carboxylic acids is 1. The quantitative estimate of drug-likeness (QED) is 0.385. The molecule has 2 aromatic heterocycles. The molecule has 0 saturated carbocycles. The molecule has 1 saturated heterocycles. The standard InChI is InChI=1S/C31H31ClN4O3S/c1-4-6-21-11-12-36(18-21)30-10-9-24(16-34-30)35-31-25-14-22(23-13-20(2)26(19-37)27(32)15-23)7-5-8-28(25)33-17-29(31)40(3,38)39/h5,7,9-10,13-17,19,21,35H,4,6,11-12,18H2,1-3H3. The topological polar surface area (TPSA) is 92.3 Å². The number of pyridine rings is 2. The summed E-state index contributed by atoms with van der Waals surface area (Å²) in [5.41, 5.74) is 6.95. The van der Waals surface area contributed by atoms with E-state index in [1.54, 1.807) is 18.3 Å². The molecule has 3 heterocycles. The highest BCUT2D eigenvalue weighted by atomic mass is 35.5. The van der Waals surface area contributed by atoms with Crippen molar-refractivity contribution in [3.8, 4) is 0 Å². The average Bonchev–Trinajstić information content (AvgIpc) is 3.26. The number of allylic oxidation sites excluding steroid dienone is 3. The number of benzene rings is 1. The van der Waals surface area contributed by atoms with Gasteiger partial charge in [0.25, 0.3) is 0 Å². The van der Waals surface area contributed by atoms with Crippen LogP contribution in [0, 0.1) is 12.8 Å². The van der Waals surface area contributed by atoms with Gasteiger partial charge in [-0.3, -0.25) is 4.79 Å². The molecule has 1 N–H and O–H groups in total. The highest BCUT2D eigenvalue weighted by Gasteiger charge is 2.23. The van der Waals surface area contributed by atoms with E-state index in [0.29, 0.717) is 38.4 Å². The van der Waals surface area contributed by atoms with Crippen LogP contribution in [0.15, 0.2) is 53.7 Å². The number of aldehydes is 1. The number of sulfone groups is 1. The summed E-state index contributed by atoms with van der Waals surface area (Å²) in [4.78, 5) is 22.9. The first-order valence-corrected chi connectivity index (χ1v) is 15.6. The van der Waals surface area contributed by atoms with Crippen molar-refractivity contribution in [2.75, 3.05) is 29.6 Å². The lowest BCUT2D eigenvalue weighted by Gasteiger charge is -2.18. The number of fused-ring (bicyclic) bond motifs is 1. The Labute approximate surface area is 239 Å². The molecule has 1 fully saturated rings. The predicted octanol–water partition coefficient (Wildman–Crippen LogP) is 4.84. The van der Waals surface area contributed by atoms with Crippen LogP contribution in [0.4, 0.5) is 17.2 Å². The van der Waals surface area contributed by atoms with Crippen LogP contribution >= 0.6 is 11.6 Å². The largest absolute Gasteiger partial charge is 0.356 e. The third-order valence-corrected chi connectivity index (χ3v) is 8.80. The maximum absolute atomic E-state index is 12.8. The van der Waals surface area contributed by atoms with Gasteiger partial charge in [0.05, 0.1) is 22.6 Å². The minimum atomic E-state index is -3.63. The van der Waals surface area contributed by atoms with E-state index in [1.807, 2.05) is 37.3 Å². The van der Waals surface area contributed by atoms with E-state index in [1.165, 1.54) is 25.5 Å². The van der Waals surface area contributed by atoms with Gasteiger partial charge in [0.2, 0.25) is 0 Å². The van der Waals surface area contributed by atoms with Gasteiger partial charge in [0.15, 0.2) is 16.1 Å². The Bertz CT molecular complexity index is 1750. The van der Waals surface area contributed by atoms with Gasteiger partial charge in [-0.05, 0) is 78.8 Å². The summed E-state index contributed by atoms with van der Waals surface area (Å²) in [6.45, 7) is 6.04. The summed E-state index contributed by atoms with van der Waals surface area (Å²) < 4.78 is 25.7. The Morgan fingerprint density at radius 2 is 2.05 bits per heavy atom. The molecule has 1 aliphatic carbocycles. The van der Waals surface area contributed by atoms with Crippen molar-refractivity contribution in [3.05, 3.63) is 81.1 Å². The maximum atomic E-state index is 12.8. The molecule has 9 heteroatoms. The fourth-order valence-corrected chi connectivity index (χ4v) is 6.40. The summed E-state index contributed by atoms with van der Waals surface area (Å²) >= 11 is 6.39. The van der Waals surface area contributed by atoms with E-state index in [0.717, 1.165) is 48.1 Å². The number of nitrogens with one attached hydrogen (secondary N) is 1. The van der Waals surface area contributed by atoms with Gasteiger partial charge in [-0.1, -0.05) is 36.7 Å². The number of carbonyl (C=O) groups is 1. The van der Waals surface area contributed by atoms with Crippen LogP contribution in [0.25, 0.3) is 17.4 Å². The zero-order valence-corrected chi connectivity index (χ0v) is 24.3. The molecular weight excluding hydrogens is 544 g/mol. The molecule has 7 nitrogen and oxygen atoms in total. The minimum absolute atomic E-state index is 0.0714. The molecule has 5 rings (SSSR count). The molecule has 2 aliphatic rings.